The van der Waals surface area contributed by atoms with Crippen LogP contribution in [-0.2, 0) is 6.54 Å². The van der Waals surface area contributed by atoms with Crippen LogP contribution in [0.5, 0.6) is 0 Å². The molecule has 0 aliphatic carbocycles. The topological polar surface area (TPSA) is 81.2 Å². The number of amides is 1. The molecule has 0 unspecified atom stereocenters. The van der Waals surface area contributed by atoms with Crippen LogP contribution in [0.3, 0.4) is 0 Å². The van der Waals surface area contributed by atoms with Gasteiger partial charge in [0, 0.05) is 11.3 Å². The minimum absolute atomic E-state index is 0.372. The third-order valence-corrected chi connectivity index (χ3v) is 3.23. The lowest BCUT2D eigenvalue weighted by Crippen LogP contribution is -2.14. The normalized spacial score (nSPS) is 10.4. The van der Waals surface area contributed by atoms with E-state index in [2.05, 4.69) is 10.3 Å². The molecule has 22 heavy (non-hydrogen) atoms. The first-order valence-electron chi connectivity index (χ1n) is 6.87. The number of primary amides is 1. The number of nitrogens with two attached hydrogens (primary N) is 1. The number of anilines is 1. The number of oxazole rings is 1. The van der Waals surface area contributed by atoms with Gasteiger partial charge in [-0.25, -0.2) is 4.98 Å². The van der Waals surface area contributed by atoms with Crippen molar-refractivity contribution in [3.63, 3.8) is 0 Å². The second kappa shape index (κ2) is 6.13. The zero-order valence-electron chi connectivity index (χ0n) is 11.8. The molecular formula is C17H15N3O2. The van der Waals surface area contributed by atoms with Crippen molar-refractivity contribution in [1.29, 1.82) is 0 Å². The molecule has 3 rings (SSSR count). The van der Waals surface area contributed by atoms with Gasteiger partial charge in [-0.15, -0.1) is 0 Å². The average molecular weight is 293 g/mol. The Morgan fingerprint density at radius 1 is 1.09 bits per heavy atom. The maximum Gasteiger partial charge on any atom is 0.250 e. The zero-order chi connectivity index (χ0) is 15.4. The predicted octanol–water partition coefficient (Wildman–Crippen LogP) is 3.05. The Morgan fingerprint density at radius 3 is 2.59 bits per heavy atom. The van der Waals surface area contributed by atoms with E-state index in [0.29, 0.717) is 29.4 Å². The SMILES string of the molecule is NC(=O)c1ccccc1NCc1ncc(-c2ccccc2)o1. The Balaban J connectivity index is 1.73. The number of nitrogens with one attached hydrogen (secondary N) is 1. The van der Waals surface area contributed by atoms with Crippen LogP contribution >= 0.6 is 0 Å². The molecule has 5 heteroatoms. The minimum atomic E-state index is -0.472. The van der Waals surface area contributed by atoms with Gasteiger partial charge >= 0.3 is 0 Å². The molecule has 0 atom stereocenters. The van der Waals surface area contributed by atoms with E-state index in [4.69, 9.17) is 10.2 Å². The van der Waals surface area contributed by atoms with Gasteiger partial charge in [0.05, 0.1) is 18.3 Å². The van der Waals surface area contributed by atoms with E-state index in [0.717, 1.165) is 5.56 Å². The molecule has 0 aliphatic rings. The zero-order valence-corrected chi connectivity index (χ0v) is 11.8. The molecule has 0 aliphatic heterocycles. The predicted molar refractivity (Wildman–Crippen MR) is 84.2 cm³/mol. The number of benzene rings is 2. The third-order valence-electron chi connectivity index (χ3n) is 3.23. The van der Waals surface area contributed by atoms with Gasteiger partial charge in [0.2, 0.25) is 5.89 Å². The summed E-state index contributed by atoms with van der Waals surface area (Å²) in [5.41, 5.74) is 7.42. The van der Waals surface area contributed by atoms with Gasteiger partial charge in [-0.05, 0) is 12.1 Å². The number of rotatable bonds is 5. The fraction of sp³-hybridized carbons (Fsp3) is 0.0588. The summed E-state index contributed by atoms with van der Waals surface area (Å²) in [5, 5.41) is 3.12. The van der Waals surface area contributed by atoms with Crippen LogP contribution in [0.4, 0.5) is 5.69 Å². The maximum atomic E-state index is 11.4. The molecule has 3 N–H and O–H groups in total. The quantitative estimate of drug-likeness (QED) is 0.757. The maximum absolute atomic E-state index is 11.4. The Morgan fingerprint density at radius 2 is 1.82 bits per heavy atom. The van der Waals surface area contributed by atoms with E-state index in [1.807, 2.05) is 36.4 Å². The summed E-state index contributed by atoms with van der Waals surface area (Å²) in [6.45, 7) is 0.372. The van der Waals surface area contributed by atoms with Gasteiger partial charge in [-0.3, -0.25) is 4.79 Å². The molecule has 1 aromatic heterocycles. The van der Waals surface area contributed by atoms with E-state index < -0.39 is 5.91 Å². The van der Waals surface area contributed by atoms with Crippen LogP contribution in [0.1, 0.15) is 16.2 Å². The molecule has 0 saturated heterocycles. The number of aromatic nitrogens is 1. The second-order valence-corrected chi connectivity index (χ2v) is 4.75. The lowest BCUT2D eigenvalue weighted by Gasteiger charge is -2.07. The highest BCUT2D eigenvalue weighted by Gasteiger charge is 2.09. The molecule has 2 aromatic carbocycles. The molecule has 0 fully saturated rings. The van der Waals surface area contributed by atoms with E-state index in [1.165, 1.54) is 0 Å². The summed E-state index contributed by atoms with van der Waals surface area (Å²) in [5.74, 6) is 0.777. The van der Waals surface area contributed by atoms with Crippen LogP contribution in [0.2, 0.25) is 0 Å². The number of para-hydroxylation sites is 1. The number of hydrogen-bond acceptors (Lipinski definition) is 4. The molecule has 0 saturated carbocycles. The molecule has 0 bridgehead atoms. The summed E-state index contributed by atoms with van der Waals surface area (Å²) in [6.07, 6.45) is 1.69. The van der Waals surface area contributed by atoms with Crippen molar-refractivity contribution >= 4 is 11.6 Å². The molecule has 1 amide bonds. The van der Waals surface area contributed by atoms with Crippen molar-refractivity contribution in [3.05, 3.63) is 72.2 Å². The second-order valence-electron chi connectivity index (χ2n) is 4.75. The summed E-state index contributed by atoms with van der Waals surface area (Å²) in [4.78, 5) is 15.6. The van der Waals surface area contributed by atoms with Gasteiger partial charge in [-0.1, -0.05) is 42.5 Å². The number of carbonyl (C=O) groups is 1. The van der Waals surface area contributed by atoms with Crippen molar-refractivity contribution in [3.8, 4) is 11.3 Å². The third kappa shape index (κ3) is 2.98. The van der Waals surface area contributed by atoms with Gasteiger partial charge in [0.15, 0.2) is 5.76 Å². The highest BCUT2D eigenvalue weighted by molar-refractivity contribution is 5.98. The average Bonchev–Trinajstić information content (AvgIpc) is 3.03. The Labute approximate surface area is 127 Å². The van der Waals surface area contributed by atoms with E-state index >= 15 is 0 Å². The van der Waals surface area contributed by atoms with Crippen LogP contribution in [-0.4, -0.2) is 10.9 Å². The highest BCUT2D eigenvalue weighted by atomic mass is 16.4. The van der Waals surface area contributed by atoms with Crippen molar-refractivity contribution in [2.45, 2.75) is 6.54 Å². The lowest BCUT2D eigenvalue weighted by molar-refractivity contribution is 0.100. The van der Waals surface area contributed by atoms with Crippen molar-refractivity contribution in [2.75, 3.05) is 5.32 Å². The first-order chi connectivity index (χ1) is 10.7. The number of hydrogen-bond donors (Lipinski definition) is 2. The fourth-order valence-corrected chi connectivity index (χ4v) is 2.15. The summed E-state index contributed by atoms with van der Waals surface area (Å²) in [7, 11) is 0. The van der Waals surface area contributed by atoms with Gasteiger partial charge < -0.3 is 15.5 Å². The molecule has 1 heterocycles. The van der Waals surface area contributed by atoms with Gasteiger partial charge in [0.1, 0.15) is 0 Å². The fourth-order valence-electron chi connectivity index (χ4n) is 2.15. The van der Waals surface area contributed by atoms with Crippen LogP contribution in [0.15, 0.2) is 65.2 Å². The monoisotopic (exact) mass is 293 g/mol. The van der Waals surface area contributed by atoms with Gasteiger partial charge in [-0.2, -0.15) is 0 Å². The Hall–Kier alpha value is -3.08. The summed E-state index contributed by atoms with van der Waals surface area (Å²) < 4.78 is 5.70. The molecule has 3 aromatic rings. The Bertz CT molecular complexity index is 781. The van der Waals surface area contributed by atoms with Crippen LogP contribution in [0.25, 0.3) is 11.3 Å². The Kier molecular flexibility index (Phi) is 3.87. The number of nitrogens with zero attached hydrogens (tertiary/aromatic N) is 1. The molecular weight excluding hydrogens is 278 g/mol. The number of carbonyl (C=O) groups excluding carboxylic acids is 1. The van der Waals surface area contributed by atoms with Gasteiger partial charge in [0.25, 0.3) is 5.91 Å². The van der Waals surface area contributed by atoms with E-state index in [-0.39, 0.29) is 0 Å². The van der Waals surface area contributed by atoms with Crippen LogP contribution < -0.4 is 11.1 Å². The van der Waals surface area contributed by atoms with E-state index in [9.17, 15) is 4.79 Å². The summed E-state index contributed by atoms with van der Waals surface area (Å²) >= 11 is 0. The lowest BCUT2D eigenvalue weighted by atomic mass is 10.1. The largest absolute Gasteiger partial charge is 0.439 e. The van der Waals surface area contributed by atoms with E-state index in [1.54, 1.807) is 24.4 Å². The first kappa shape index (κ1) is 13.9. The molecule has 110 valence electrons. The summed E-state index contributed by atoms with van der Waals surface area (Å²) in [6, 6.07) is 16.8. The smallest absolute Gasteiger partial charge is 0.250 e. The minimum Gasteiger partial charge on any atom is -0.439 e. The van der Waals surface area contributed by atoms with Crippen LogP contribution in [0, 0.1) is 0 Å². The highest BCUT2D eigenvalue weighted by Crippen LogP contribution is 2.21. The first-order valence-corrected chi connectivity index (χ1v) is 6.87. The van der Waals surface area contributed by atoms with Crippen molar-refractivity contribution in [2.24, 2.45) is 5.73 Å². The molecule has 0 spiro atoms. The standard InChI is InChI=1S/C17H15N3O2/c18-17(21)13-8-4-5-9-14(13)19-11-16-20-10-15(22-16)12-6-2-1-3-7-12/h1-10,19H,11H2,(H2,18,21). The van der Waals surface area contributed by atoms with Crippen molar-refractivity contribution in [1.82, 2.24) is 4.98 Å². The van der Waals surface area contributed by atoms with Crippen molar-refractivity contribution < 1.29 is 9.21 Å². The molecule has 5 nitrogen and oxygen atoms in total. The molecule has 0 radical (unpaired) electrons.